The summed E-state index contributed by atoms with van der Waals surface area (Å²) in [7, 11) is 0. The van der Waals surface area contributed by atoms with Crippen LogP contribution in [0.1, 0.15) is 34.1 Å². The Hall–Kier alpha value is -2.27. The van der Waals surface area contributed by atoms with Gasteiger partial charge < -0.3 is 29.2 Å². The van der Waals surface area contributed by atoms with Crippen LogP contribution in [0.3, 0.4) is 0 Å². The van der Waals surface area contributed by atoms with Gasteiger partial charge in [0.2, 0.25) is 0 Å². The molecule has 10 atom stereocenters. The minimum absolute atomic E-state index is 0.00676. The molecule has 11 heteroatoms. The number of hydrogen-bond acceptors (Lipinski definition) is 10. The van der Waals surface area contributed by atoms with Crippen molar-refractivity contribution < 1.29 is 48.3 Å². The molecule has 192 valence electrons. The fourth-order valence-corrected chi connectivity index (χ4v) is 6.73. The molecule has 10 unspecified atom stereocenters. The van der Waals surface area contributed by atoms with Crippen molar-refractivity contribution in [3.8, 4) is 0 Å². The monoisotopic (exact) mass is 512 g/mol. The summed E-state index contributed by atoms with van der Waals surface area (Å²) in [5, 5.41) is 19.8. The van der Waals surface area contributed by atoms with Crippen LogP contribution in [0.2, 0.25) is 0 Å². The number of ether oxygens (including phenoxy) is 4. The van der Waals surface area contributed by atoms with E-state index >= 15 is 0 Å². The predicted octanol–water partition coefficient (Wildman–Crippen LogP) is 0.601. The average molecular weight is 513 g/mol. The van der Waals surface area contributed by atoms with Gasteiger partial charge in [0.05, 0.1) is 29.4 Å². The number of ketones is 1. The predicted molar refractivity (Wildman–Crippen MR) is 119 cm³/mol. The smallest absolute Gasteiger partial charge is 0.332 e. The van der Waals surface area contributed by atoms with Gasteiger partial charge in [-0.05, 0) is 26.3 Å². The van der Waals surface area contributed by atoms with Gasteiger partial charge in [-0.1, -0.05) is 25.2 Å². The molecule has 3 fully saturated rings. The van der Waals surface area contributed by atoms with E-state index in [0.717, 1.165) is 6.92 Å². The molecule has 3 saturated heterocycles. The van der Waals surface area contributed by atoms with Crippen LogP contribution < -0.4 is 0 Å². The fraction of sp³-hybridized carbons (Fsp3) is 0.667. The van der Waals surface area contributed by atoms with Crippen LogP contribution in [0.15, 0.2) is 24.3 Å². The molecule has 35 heavy (non-hydrogen) atoms. The lowest BCUT2D eigenvalue weighted by atomic mass is 9.52. The molecule has 1 aliphatic carbocycles. The molecular formula is C24H29ClO10. The maximum Gasteiger partial charge on any atom is 0.332 e. The summed E-state index contributed by atoms with van der Waals surface area (Å²) in [4.78, 5) is 50.9. The summed E-state index contributed by atoms with van der Waals surface area (Å²) < 4.78 is 23.5. The van der Waals surface area contributed by atoms with E-state index < -0.39 is 88.5 Å². The Morgan fingerprint density at radius 3 is 2.54 bits per heavy atom. The molecule has 0 radical (unpaired) electrons. The van der Waals surface area contributed by atoms with Crippen LogP contribution in [0, 0.1) is 17.3 Å². The van der Waals surface area contributed by atoms with Crippen LogP contribution in [0.25, 0.3) is 0 Å². The third-order valence-electron chi connectivity index (χ3n) is 7.98. The molecule has 0 amide bonds. The Kier molecular flexibility index (Phi) is 6.19. The van der Waals surface area contributed by atoms with E-state index in [1.165, 1.54) is 26.0 Å². The number of alkyl halides is 1. The van der Waals surface area contributed by atoms with Crippen molar-refractivity contribution in [2.24, 2.45) is 17.3 Å². The molecule has 2 N–H and O–H groups in total. The van der Waals surface area contributed by atoms with E-state index in [9.17, 15) is 29.4 Å². The van der Waals surface area contributed by atoms with Gasteiger partial charge in [0.1, 0.15) is 12.7 Å². The van der Waals surface area contributed by atoms with Crippen molar-refractivity contribution in [1.29, 1.82) is 0 Å². The Morgan fingerprint density at radius 2 is 1.94 bits per heavy atom. The lowest BCUT2D eigenvalue weighted by molar-refractivity contribution is -0.319. The van der Waals surface area contributed by atoms with Crippen LogP contribution >= 0.6 is 11.6 Å². The van der Waals surface area contributed by atoms with Crippen LogP contribution in [-0.2, 0) is 38.1 Å². The third-order valence-corrected chi connectivity index (χ3v) is 8.51. The highest BCUT2D eigenvalue weighted by molar-refractivity contribution is 6.23. The first-order valence-corrected chi connectivity index (χ1v) is 11.8. The largest absolute Gasteiger partial charge is 0.457 e. The van der Waals surface area contributed by atoms with Gasteiger partial charge in [-0.2, -0.15) is 0 Å². The second-order valence-electron chi connectivity index (χ2n) is 10.1. The van der Waals surface area contributed by atoms with Crippen molar-refractivity contribution in [2.75, 3.05) is 6.61 Å². The van der Waals surface area contributed by atoms with Gasteiger partial charge in [0.25, 0.3) is 0 Å². The zero-order valence-corrected chi connectivity index (χ0v) is 20.6. The first-order chi connectivity index (χ1) is 16.2. The highest BCUT2D eigenvalue weighted by Crippen LogP contribution is 2.61. The van der Waals surface area contributed by atoms with E-state index in [0.29, 0.717) is 5.57 Å². The lowest BCUT2D eigenvalue weighted by Gasteiger charge is -2.63. The normalized spacial score (nSPS) is 46.6. The van der Waals surface area contributed by atoms with E-state index in [1.54, 1.807) is 6.92 Å². The quantitative estimate of drug-likeness (QED) is 0.238. The van der Waals surface area contributed by atoms with Gasteiger partial charge in [-0.3, -0.25) is 14.4 Å². The second-order valence-corrected chi connectivity index (χ2v) is 10.6. The maximum atomic E-state index is 13.3. The zero-order valence-electron chi connectivity index (χ0n) is 19.9. The molecule has 2 bridgehead atoms. The number of halogens is 1. The second kappa shape index (κ2) is 8.40. The number of hydrogen-bond donors (Lipinski definition) is 2. The van der Waals surface area contributed by atoms with Crippen LogP contribution in [0.4, 0.5) is 0 Å². The molecule has 3 aliphatic heterocycles. The van der Waals surface area contributed by atoms with Gasteiger partial charge in [-0.15, -0.1) is 11.6 Å². The molecular weight excluding hydrogens is 484 g/mol. The Balaban J connectivity index is 2.06. The lowest BCUT2D eigenvalue weighted by Crippen LogP contribution is -2.77. The van der Waals surface area contributed by atoms with Crippen molar-refractivity contribution in [3.05, 3.63) is 24.3 Å². The van der Waals surface area contributed by atoms with Crippen LogP contribution in [0.5, 0.6) is 0 Å². The number of fused-ring (bicyclic) bond motifs is 3. The highest BCUT2D eigenvalue weighted by Gasteiger charge is 2.77. The van der Waals surface area contributed by atoms with Crippen molar-refractivity contribution in [2.45, 2.75) is 75.1 Å². The third kappa shape index (κ3) is 3.48. The number of esters is 3. The number of rotatable bonds is 3. The summed E-state index contributed by atoms with van der Waals surface area (Å²) in [6, 6.07) is 0. The number of aliphatic hydroxyl groups is 2. The minimum Gasteiger partial charge on any atom is -0.457 e. The minimum atomic E-state index is -1.88. The Morgan fingerprint density at radius 1 is 1.29 bits per heavy atom. The van der Waals surface area contributed by atoms with E-state index in [-0.39, 0.29) is 6.42 Å². The van der Waals surface area contributed by atoms with E-state index in [4.69, 9.17) is 30.5 Å². The fourth-order valence-electron chi connectivity index (χ4n) is 6.39. The molecule has 4 rings (SSSR count). The molecule has 4 aliphatic rings. The Labute approximate surface area is 207 Å². The standard InChI is InChI=1S/C24H29ClO10/c1-10-8-13(28)18-22(4)7-6-14(29)23(5,34-12(3)27)17(22)20(32-15(30)9-26)24(35-18)11(2)21(31)33-19(24)16(10)25/h6-7,11,13,16-20,26,28H,1,8-9H2,2-5H3. The first-order valence-electron chi connectivity index (χ1n) is 11.4. The molecule has 1 spiro atoms. The topological polar surface area (TPSA) is 146 Å². The summed E-state index contributed by atoms with van der Waals surface area (Å²) in [5.41, 5.74) is -4.52. The number of aliphatic hydroxyl groups excluding tert-OH is 2. The summed E-state index contributed by atoms with van der Waals surface area (Å²) in [5.74, 6) is -5.30. The molecule has 0 aromatic rings. The molecule has 0 aromatic carbocycles. The molecule has 0 aromatic heterocycles. The number of carbonyl (C=O) groups excluding carboxylic acids is 4. The molecule has 10 nitrogen and oxygen atoms in total. The first kappa shape index (κ1) is 25.8. The van der Waals surface area contributed by atoms with Crippen molar-refractivity contribution in [3.63, 3.8) is 0 Å². The average Bonchev–Trinajstić information content (AvgIpc) is 3.02. The van der Waals surface area contributed by atoms with Gasteiger partial charge in [0.15, 0.2) is 23.1 Å². The number of carbonyl (C=O) groups is 4. The van der Waals surface area contributed by atoms with Crippen molar-refractivity contribution in [1.82, 2.24) is 0 Å². The van der Waals surface area contributed by atoms with E-state index in [1.807, 2.05) is 0 Å². The maximum absolute atomic E-state index is 13.3. The van der Waals surface area contributed by atoms with Crippen molar-refractivity contribution >= 4 is 35.3 Å². The van der Waals surface area contributed by atoms with Gasteiger partial charge >= 0.3 is 17.9 Å². The van der Waals surface area contributed by atoms with Gasteiger partial charge in [-0.25, -0.2) is 4.79 Å². The van der Waals surface area contributed by atoms with Gasteiger partial charge in [0, 0.05) is 12.3 Å². The van der Waals surface area contributed by atoms with Crippen LogP contribution in [-0.4, -0.2) is 81.5 Å². The Bertz CT molecular complexity index is 1020. The SMILES string of the molecule is C=C1CC(O)C2OC3(C(C)C(=O)OC3C1Cl)C(OC(=O)CO)C1C(C)(OC(C)=O)C(=O)C=CC21C. The highest BCUT2D eigenvalue weighted by atomic mass is 35.5. The summed E-state index contributed by atoms with van der Waals surface area (Å²) >= 11 is 6.69. The summed E-state index contributed by atoms with van der Waals surface area (Å²) in [6.45, 7) is 8.69. The molecule has 0 saturated carbocycles. The molecule has 3 heterocycles. The summed E-state index contributed by atoms with van der Waals surface area (Å²) in [6.07, 6.45) is -2.13. The van der Waals surface area contributed by atoms with E-state index in [2.05, 4.69) is 6.58 Å². The zero-order chi connectivity index (χ0) is 26.1.